The first kappa shape index (κ1) is 16.7. The van der Waals surface area contributed by atoms with E-state index in [0.717, 1.165) is 13.1 Å². The van der Waals surface area contributed by atoms with Crippen molar-refractivity contribution in [3.8, 4) is 0 Å². The number of hydrogen-bond acceptors (Lipinski definition) is 4. The van der Waals surface area contributed by atoms with Crippen molar-refractivity contribution in [3.05, 3.63) is 12.4 Å². The summed E-state index contributed by atoms with van der Waals surface area (Å²) in [6, 6.07) is 0. The van der Waals surface area contributed by atoms with Crippen LogP contribution in [0.25, 0.3) is 0 Å². The first-order valence-corrected chi connectivity index (χ1v) is 9.06. The van der Waals surface area contributed by atoms with E-state index in [1.807, 2.05) is 0 Å². The number of alkyl halides is 1. The number of aryl methyl sites for hydroxylation is 1. The third kappa shape index (κ3) is 3.77. The summed E-state index contributed by atoms with van der Waals surface area (Å²) in [7, 11) is -3.45. The molecular formula is C13H23ClN4O2S. The zero-order valence-electron chi connectivity index (χ0n) is 12.8. The number of rotatable bonds is 4. The SMILES string of the molecule is CC(C)(C)N1CCN(S(=O)(=O)c2cnn(CCCl)c2)CC1. The van der Waals surface area contributed by atoms with Crippen molar-refractivity contribution in [2.24, 2.45) is 0 Å². The molecule has 21 heavy (non-hydrogen) atoms. The predicted octanol–water partition coefficient (Wildman–Crippen LogP) is 1.23. The van der Waals surface area contributed by atoms with Gasteiger partial charge in [-0.2, -0.15) is 9.40 Å². The van der Waals surface area contributed by atoms with Crippen LogP contribution in [0.15, 0.2) is 17.3 Å². The molecule has 0 aliphatic carbocycles. The Bertz CT molecular complexity index is 571. The number of nitrogens with zero attached hydrogens (tertiary/aromatic N) is 4. The third-order valence-corrected chi connectivity index (χ3v) is 5.77. The minimum atomic E-state index is -3.45. The standard InChI is InChI=1S/C13H23ClN4O2S/c1-13(2,3)16-6-8-18(9-7-16)21(19,20)12-10-15-17(11-12)5-4-14/h10-11H,4-9H2,1-3H3. The van der Waals surface area contributed by atoms with Crippen LogP contribution in [0.3, 0.4) is 0 Å². The van der Waals surface area contributed by atoms with Gasteiger partial charge in [-0.3, -0.25) is 9.58 Å². The Balaban J connectivity index is 2.07. The Labute approximate surface area is 131 Å². The average Bonchev–Trinajstić information content (AvgIpc) is 2.88. The van der Waals surface area contributed by atoms with E-state index in [1.54, 1.807) is 10.9 Å². The fourth-order valence-corrected chi connectivity index (χ4v) is 3.99. The maximum absolute atomic E-state index is 12.6. The van der Waals surface area contributed by atoms with Crippen molar-refractivity contribution < 1.29 is 8.42 Å². The van der Waals surface area contributed by atoms with Gasteiger partial charge in [0.2, 0.25) is 10.0 Å². The molecule has 0 unspecified atom stereocenters. The smallest absolute Gasteiger partial charge is 0.246 e. The van der Waals surface area contributed by atoms with E-state index in [9.17, 15) is 8.42 Å². The van der Waals surface area contributed by atoms with Crippen LogP contribution in [0.5, 0.6) is 0 Å². The molecule has 0 radical (unpaired) electrons. The molecule has 8 heteroatoms. The Morgan fingerprint density at radius 2 is 1.86 bits per heavy atom. The lowest BCUT2D eigenvalue weighted by molar-refractivity contribution is 0.0922. The van der Waals surface area contributed by atoms with E-state index in [-0.39, 0.29) is 10.4 Å². The molecule has 2 rings (SSSR count). The van der Waals surface area contributed by atoms with Crippen LogP contribution in [0.1, 0.15) is 20.8 Å². The maximum Gasteiger partial charge on any atom is 0.246 e. The van der Waals surface area contributed by atoms with Crippen LogP contribution in [0.4, 0.5) is 0 Å². The van der Waals surface area contributed by atoms with Crippen LogP contribution in [-0.2, 0) is 16.6 Å². The zero-order chi connectivity index (χ0) is 15.7. The maximum atomic E-state index is 12.6. The number of sulfonamides is 1. The Morgan fingerprint density at radius 1 is 1.24 bits per heavy atom. The highest BCUT2D eigenvalue weighted by Gasteiger charge is 2.32. The normalized spacial score (nSPS) is 19.0. The molecule has 0 aromatic carbocycles. The largest absolute Gasteiger partial charge is 0.296 e. The van der Waals surface area contributed by atoms with Gasteiger partial charge in [-0.25, -0.2) is 8.42 Å². The van der Waals surface area contributed by atoms with Crippen LogP contribution in [-0.4, -0.2) is 65.0 Å². The Hall–Kier alpha value is -0.630. The van der Waals surface area contributed by atoms with Crippen molar-refractivity contribution in [2.75, 3.05) is 32.1 Å². The summed E-state index contributed by atoms with van der Waals surface area (Å²) in [5.74, 6) is 0.408. The molecule has 1 aliphatic heterocycles. The Kier molecular flexibility index (Phi) is 4.97. The van der Waals surface area contributed by atoms with Gasteiger partial charge < -0.3 is 0 Å². The van der Waals surface area contributed by atoms with Gasteiger partial charge in [0.15, 0.2) is 0 Å². The molecule has 1 saturated heterocycles. The summed E-state index contributed by atoms with van der Waals surface area (Å²) in [4.78, 5) is 2.55. The summed E-state index contributed by atoms with van der Waals surface area (Å²) in [5, 5.41) is 4.04. The molecule has 0 bridgehead atoms. The molecule has 0 amide bonds. The number of halogens is 1. The van der Waals surface area contributed by atoms with Gasteiger partial charge in [-0.1, -0.05) is 0 Å². The second-order valence-corrected chi connectivity index (χ2v) is 8.51. The van der Waals surface area contributed by atoms with E-state index >= 15 is 0 Å². The highest BCUT2D eigenvalue weighted by Crippen LogP contribution is 2.21. The first-order valence-electron chi connectivity index (χ1n) is 7.09. The van der Waals surface area contributed by atoms with Crippen LogP contribution in [0, 0.1) is 0 Å². The van der Waals surface area contributed by atoms with Gasteiger partial charge in [-0.05, 0) is 20.8 Å². The monoisotopic (exact) mass is 334 g/mol. The van der Waals surface area contributed by atoms with Crippen LogP contribution in [0.2, 0.25) is 0 Å². The number of aromatic nitrogens is 2. The van der Waals surface area contributed by atoms with Gasteiger partial charge in [0.05, 0.1) is 12.7 Å². The van der Waals surface area contributed by atoms with Crippen molar-refractivity contribution in [2.45, 2.75) is 37.8 Å². The fraction of sp³-hybridized carbons (Fsp3) is 0.769. The van der Waals surface area contributed by atoms with Crippen molar-refractivity contribution in [1.29, 1.82) is 0 Å². The van der Waals surface area contributed by atoms with E-state index in [1.165, 1.54) is 10.5 Å². The molecule has 0 N–H and O–H groups in total. The summed E-state index contributed by atoms with van der Waals surface area (Å²) >= 11 is 5.64. The highest BCUT2D eigenvalue weighted by atomic mass is 35.5. The first-order chi connectivity index (χ1) is 9.75. The number of piperazine rings is 1. The lowest BCUT2D eigenvalue weighted by Gasteiger charge is -2.41. The van der Waals surface area contributed by atoms with Gasteiger partial charge in [0.25, 0.3) is 0 Å². The van der Waals surface area contributed by atoms with Crippen LogP contribution < -0.4 is 0 Å². The van der Waals surface area contributed by atoms with Crippen molar-refractivity contribution in [1.82, 2.24) is 19.0 Å². The number of hydrogen-bond donors (Lipinski definition) is 0. The summed E-state index contributed by atoms with van der Waals surface area (Å²) < 4.78 is 28.3. The quantitative estimate of drug-likeness (QED) is 0.777. The Morgan fingerprint density at radius 3 is 2.38 bits per heavy atom. The molecule has 6 nitrogen and oxygen atoms in total. The average molecular weight is 335 g/mol. The molecule has 0 saturated carbocycles. The molecular weight excluding hydrogens is 312 g/mol. The molecule has 1 aliphatic rings. The van der Waals surface area contributed by atoms with Gasteiger partial charge in [-0.15, -0.1) is 11.6 Å². The van der Waals surface area contributed by atoms with Crippen molar-refractivity contribution in [3.63, 3.8) is 0 Å². The van der Waals surface area contributed by atoms with E-state index in [2.05, 4.69) is 30.8 Å². The van der Waals surface area contributed by atoms with Crippen molar-refractivity contribution >= 4 is 21.6 Å². The predicted molar refractivity (Wildman–Crippen MR) is 83.0 cm³/mol. The molecule has 1 aromatic rings. The zero-order valence-corrected chi connectivity index (χ0v) is 14.4. The second kappa shape index (κ2) is 6.24. The van der Waals surface area contributed by atoms with E-state index in [4.69, 9.17) is 11.6 Å². The van der Waals surface area contributed by atoms with Gasteiger partial charge in [0.1, 0.15) is 4.90 Å². The summed E-state index contributed by atoms with van der Waals surface area (Å²) in [5.41, 5.74) is 0.0705. The molecule has 0 spiro atoms. The molecule has 1 fully saturated rings. The van der Waals surface area contributed by atoms with Gasteiger partial charge >= 0.3 is 0 Å². The fourth-order valence-electron chi connectivity index (χ4n) is 2.44. The molecule has 120 valence electrons. The lowest BCUT2D eigenvalue weighted by Crippen LogP contribution is -2.54. The summed E-state index contributed by atoms with van der Waals surface area (Å²) in [6.07, 6.45) is 2.95. The minimum absolute atomic E-state index is 0.0705. The highest BCUT2D eigenvalue weighted by molar-refractivity contribution is 7.89. The second-order valence-electron chi connectivity index (χ2n) is 6.19. The van der Waals surface area contributed by atoms with Gasteiger partial charge in [0, 0.05) is 43.8 Å². The molecule has 0 atom stereocenters. The molecule has 2 heterocycles. The van der Waals surface area contributed by atoms with E-state index in [0.29, 0.717) is 25.5 Å². The minimum Gasteiger partial charge on any atom is -0.296 e. The van der Waals surface area contributed by atoms with E-state index < -0.39 is 10.0 Å². The topological polar surface area (TPSA) is 58.4 Å². The van der Waals surface area contributed by atoms with Crippen LogP contribution >= 0.6 is 11.6 Å². The summed E-state index contributed by atoms with van der Waals surface area (Å²) in [6.45, 7) is 9.47. The third-order valence-electron chi connectivity index (χ3n) is 3.75. The lowest BCUT2D eigenvalue weighted by atomic mass is 10.1. The molecule has 1 aromatic heterocycles.